The zero-order valence-electron chi connectivity index (χ0n) is 12.7. The van der Waals surface area contributed by atoms with Crippen LogP contribution in [0.3, 0.4) is 0 Å². The lowest BCUT2D eigenvalue weighted by Gasteiger charge is -2.32. The number of likely N-dealkylation sites (N-methyl/N-ethyl adjacent to an activating group) is 1. The lowest BCUT2D eigenvalue weighted by molar-refractivity contribution is 0.189. The SMILES string of the molecule is CCCC(N)C(CC)N(C)Cc1ccccc1OC. The van der Waals surface area contributed by atoms with Gasteiger partial charge in [-0.25, -0.2) is 0 Å². The number of hydrogen-bond donors (Lipinski definition) is 1. The van der Waals surface area contributed by atoms with Gasteiger partial charge in [-0.15, -0.1) is 0 Å². The molecule has 0 aromatic heterocycles. The highest BCUT2D eigenvalue weighted by Gasteiger charge is 2.20. The molecule has 2 N–H and O–H groups in total. The molecule has 0 radical (unpaired) electrons. The van der Waals surface area contributed by atoms with Crippen molar-refractivity contribution < 1.29 is 4.74 Å². The molecule has 0 spiro atoms. The molecule has 0 aliphatic carbocycles. The minimum absolute atomic E-state index is 0.245. The highest BCUT2D eigenvalue weighted by Crippen LogP contribution is 2.21. The molecule has 0 saturated heterocycles. The lowest BCUT2D eigenvalue weighted by atomic mass is 10.00. The molecule has 0 bridgehead atoms. The first-order valence-corrected chi connectivity index (χ1v) is 7.21. The molecule has 2 unspecified atom stereocenters. The van der Waals surface area contributed by atoms with E-state index in [-0.39, 0.29) is 6.04 Å². The maximum atomic E-state index is 6.29. The molecule has 2 atom stereocenters. The fourth-order valence-electron chi connectivity index (χ4n) is 2.69. The van der Waals surface area contributed by atoms with Crippen LogP contribution in [0.15, 0.2) is 24.3 Å². The number of methoxy groups -OCH3 is 1. The Hall–Kier alpha value is -1.06. The number of para-hydroxylation sites is 1. The van der Waals surface area contributed by atoms with Crippen molar-refractivity contribution in [2.45, 2.75) is 51.7 Å². The van der Waals surface area contributed by atoms with E-state index in [1.165, 1.54) is 5.56 Å². The second-order valence-corrected chi connectivity index (χ2v) is 5.16. The molecular weight excluding hydrogens is 236 g/mol. The van der Waals surface area contributed by atoms with Gasteiger partial charge in [-0.1, -0.05) is 38.5 Å². The Morgan fingerprint density at radius 2 is 1.95 bits per heavy atom. The molecule has 0 fully saturated rings. The van der Waals surface area contributed by atoms with Crippen molar-refractivity contribution in [3.8, 4) is 5.75 Å². The minimum Gasteiger partial charge on any atom is -0.496 e. The second kappa shape index (κ2) is 8.18. The van der Waals surface area contributed by atoms with Crippen LogP contribution >= 0.6 is 0 Å². The van der Waals surface area contributed by atoms with E-state index < -0.39 is 0 Å². The largest absolute Gasteiger partial charge is 0.496 e. The van der Waals surface area contributed by atoms with Gasteiger partial charge in [0, 0.05) is 24.2 Å². The molecule has 0 aliphatic heterocycles. The van der Waals surface area contributed by atoms with Crippen molar-refractivity contribution in [2.24, 2.45) is 5.73 Å². The van der Waals surface area contributed by atoms with Crippen LogP contribution in [0.4, 0.5) is 0 Å². The van der Waals surface area contributed by atoms with Gasteiger partial charge in [0.05, 0.1) is 7.11 Å². The molecular formula is C16H28N2O. The zero-order valence-corrected chi connectivity index (χ0v) is 12.7. The van der Waals surface area contributed by atoms with Crippen LogP contribution in [0.25, 0.3) is 0 Å². The van der Waals surface area contributed by atoms with E-state index >= 15 is 0 Å². The van der Waals surface area contributed by atoms with Crippen LogP contribution in [-0.4, -0.2) is 31.1 Å². The maximum Gasteiger partial charge on any atom is 0.123 e. The topological polar surface area (TPSA) is 38.5 Å². The monoisotopic (exact) mass is 264 g/mol. The molecule has 0 amide bonds. The van der Waals surface area contributed by atoms with Crippen molar-refractivity contribution in [1.29, 1.82) is 0 Å². The van der Waals surface area contributed by atoms with E-state index in [1.54, 1.807) is 7.11 Å². The highest BCUT2D eigenvalue weighted by atomic mass is 16.5. The van der Waals surface area contributed by atoms with E-state index in [0.717, 1.165) is 31.6 Å². The van der Waals surface area contributed by atoms with Gasteiger partial charge in [0.1, 0.15) is 5.75 Å². The number of ether oxygens (including phenoxy) is 1. The van der Waals surface area contributed by atoms with E-state index in [9.17, 15) is 0 Å². The van der Waals surface area contributed by atoms with Gasteiger partial charge in [0.15, 0.2) is 0 Å². The standard InChI is InChI=1S/C16H28N2O/c1-5-9-14(17)15(6-2)18(3)12-13-10-7-8-11-16(13)19-4/h7-8,10-11,14-15H,5-6,9,12,17H2,1-4H3. The maximum absolute atomic E-state index is 6.29. The molecule has 0 heterocycles. The van der Waals surface area contributed by atoms with Crippen molar-refractivity contribution in [1.82, 2.24) is 4.90 Å². The Balaban J connectivity index is 2.73. The summed E-state index contributed by atoms with van der Waals surface area (Å²) in [6.45, 7) is 5.27. The summed E-state index contributed by atoms with van der Waals surface area (Å²) in [7, 11) is 3.87. The van der Waals surface area contributed by atoms with Crippen LogP contribution in [-0.2, 0) is 6.54 Å². The van der Waals surface area contributed by atoms with Crippen molar-refractivity contribution in [3.63, 3.8) is 0 Å². The van der Waals surface area contributed by atoms with Crippen LogP contribution in [0, 0.1) is 0 Å². The summed E-state index contributed by atoms with van der Waals surface area (Å²) in [4.78, 5) is 2.35. The van der Waals surface area contributed by atoms with Gasteiger partial charge >= 0.3 is 0 Å². The predicted molar refractivity (Wildman–Crippen MR) is 81.4 cm³/mol. The van der Waals surface area contributed by atoms with Crippen LogP contribution in [0.1, 0.15) is 38.7 Å². The average molecular weight is 264 g/mol. The second-order valence-electron chi connectivity index (χ2n) is 5.16. The first-order chi connectivity index (χ1) is 9.13. The molecule has 19 heavy (non-hydrogen) atoms. The Morgan fingerprint density at radius 3 is 2.53 bits per heavy atom. The third-order valence-electron chi connectivity index (χ3n) is 3.71. The quantitative estimate of drug-likeness (QED) is 0.784. The van der Waals surface area contributed by atoms with Gasteiger partial charge in [0.2, 0.25) is 0 Å². The Labute approximate surface area is 117 Å². The third-order valence-corrected chi connectivity index (χ3v) is 3.71. The highest BCUT2D eigenvalue weighted by molar-refractivity contribution is 5.33. The zero-order chi connectivity index (χ0) is 14.3. The summed E-state index contributed by atoms with van der Waals surface area (Å²) in [6.07, 6.45) is 3.29. The van der Waals surface area contributed by atoms with Crippen LogP contribution in [0.2, 0.25) is 0 Å². The number of nitrogens with zero attached hydrogens (tertiary/aromatic N) is 1. The van der Waals surface area contributed by atoms with Crippen LogP contribution < -0.4 is 10.5 Å². The molecule has 1 rings (SSSR count). The average Bonchev–Trinajstić information content (AvgIpc) is 2.40. The lowest BCUT2D eigenvalue weighted by Crippen LogP contribution is -2.45. The van der Waals surface area contributed by atoms with E-state index in [1.807, 2.05) is 12.1 Å². The number of nitrogens with two attached hydrogens (primary N) is 1. The minimum atomic E-state index is 0.245. The molecule has 3 heteroatoms. The summed E-state index contributed by atoms with van der Waals surface area (Å²) in [5, 5.41) is 0. The van der Waals surface area contributed by atoms with E-state index in [0.29, 0.717) is 6.04 Å². The summed E-state index contributed by atoms with van der Waals surface area (Å²) >= 11 is 0. The molecule has 108 valence electrons. The van der Waals surface area contributed by atoms with Gasteiger partial charge in [-0.2, -0.15) is 0 Å². The normalized spacial score (nSPS) is 14.4. The Morgan fingerprint density at radius 1 is 1.26 bits per heavy atom. The van der Waals surface area contributed by atoms with E-state index in [2.05, 4.69) is 37.9 Å². The van der Waals surface area contributed by atoms with Gasteiger partial charge in [-0.3, -0.25) is 4.90 Å². The third kappa shape index (κ3) is 4.51. The molecule has 1 aromatic rings. The molecule has 0 aliphatic rings. The summed E-state index contributed by atoms with van der Waals surface area (Å²) in [5.74, 6) is 0.952. The number of rotatable bonds is 8. The number of benzene rings is 1. The first-order valence-electron chi connectivity index (χ1n) is 7.21. The van der Waals surface area contributed by atoms with Crippen LogP contribution in [0.5, 0.6) is 5.75 Å². The van der Waals surface area contributed by atoms with Crippen molar-refractivity contribution >= 4 is 0 Å². The Kier molecular flexibility index (Phi) is 6.89. The van der Waals surface area contributed by atoms with Crippen molar-refractivity contribution in [2.75, 3.05) is 14.2 Å². The first kappa shape index (κ1) is 16.0. The fourth-order valence-corrected chi connectivity index (χ4v) is 2.69. The summed E-state index contributed by atoms with van der Waals surface area (Å²) in [5.41, 5.74) is 7.51. The summed E-state index contributed by atoms with van der Waals surface area (Å²) < 4.78 is 5.41. The van der Waals surface area contributed by atoms with Gasteiger partial charge < -0.3 is 10.5 Å². The molecule has 3 nitrogen and oxygen atoms in total. The van der Waals surface area contributed by atoms with Crippen molar-refractivity contribution in [3.05, 3.63) is 29.8 Å². The fraction of sp³-hybridized carbons (Fsp3) is 0.625. The smallest absolute Gasteiger partial charge is 0.123 e. The number of hydrogen-bond acceptors (Lipinski definition) is 3. The van der Waals surface area contributed by atoms with Gasteiger partial charge in [-0.05, 0) is 26.0 Å². The summed E-state index contributed by atoms with van der Waals surface area (Å²) in [6, 6.07) is 8.85. The van der Waals surface area contributed by atoms with E-state index in [4.69, 9.17) is 10.5 Å². The molecule has 1 aromatic carbocycles. The Bertz CT molecular complexity index is 368. The predicted octanol–water partition coefficient (Wildman–Crippen LogP) is 3.03. The molecule has 0 saturated carbocycles. The van der Waals surface area contributed by atoms with Gasteiger partial charge in [0.25, 0.3) is 0 Å².